The standard InChI is InChI=1S/C25H29N5O3S.CH2O2/c1-16(17-9-7-6-8-10-17)30-21-13-18(11-12-20(21)28-24(30)26)19-14-22(23(33-5)27-15-19)34(31,32)29-25(2,3)4;2-1-3/h6-16,29H,1-5H3,(H2,26,28);1H,(H,2,3)/t16-;/m0./s1. The maximum Gasteiger partial charge on any atom is 0.290 e. The largest absolute Gasteiger partial charge is 0.483 e. The van der Waals surface area contributed by atoms with Crippen LogP contribution in [0.4, 0.5) is 5.95 Å². The summed E-state index contributed by atoms with van der Waals surface area (Å²) in [6, 6.07) is 17.3. The van der Waals surface area contributed by atoms with E-state index in [2.05, 4.69) is 21.6 Å². The first-order valence-electron chi connectivity index (χ1n) is 11.4. The van der Waals surface area contributed by atoms with Gasteiger partial charge < -0.3 is 20.1 Å². The van der Waals surface area contributed by atoms with Crippen LogP contribution in [0.3, 0.4) is 0 Å². The van der Waals surface area contributed by atoms with E-state index in [1.807, 2.05) is 53.1 Å². The monoisotopic (exact) mass is 525 g/mol. The van der Waals surface area contributed by atoms with Gasteiger partial charge in [0.25, 0.3) is 6.47 Å². The van der Waals surface area contributed by atoms with Gasteiger partial charge in [0.2, 0.25) is 21.9 Å². The normalized spacial score (nSPS) is 12.5. The van der Waals surface area contributed by atoms with E-state index >= 15 is 0 Å². The predicted molar refractivity (Wildman–Crippen MR) is 143 cm³/mol. The van der Waals surface area contributed by atoms with Gasteiger partial charge in [-0.25, -0.2) is 23.1 Å². The number of nitrogens with one attached hydrogen (secondary N) is 1. The number of imidazole rings is 1. The fourth-order valence-electron chi connectivity index (χ4n) is 3.97. The zero-order valence-electron chi connectivity index (χ0n) is 21.3. The number of nitrogens with two attached hydrogens (primary N) is 1. The van der Waals surface area contributed by atoms with Crippen molar-refractivity contribution in [3.8, 4) is 17.0 Å². The number of anilines is 1. The quantitative estimate of drug-likeness (QED) is 0.319. The minimum atomic E-state index is -3.86. The summed E-state index contributed by atoms with van der Waals surface area (Å²) in [7, 11) is -2.46. The number of sulfonamides is 1. The van der Waals surface area contributed by atoms with Crippen LogP contribution >= 0.6 is 0 Å². The van der Waals surface area contributed by atoms with Gasteiger partial charge in [-0.15, -0.1) is 0 Å². The van der Waals surface area contributed by atoms with Crippen molar-refractivity contribution in [2.75, 3.05) is 12.8 Å². The van der Waals surface area contributed by atoms with Crippen molar-refractivity contribution in [2.45, 2.75) is 44.2 Å². The third kappa shape index (κ3) is 6.25. The molecule has 1 atom stereocenters. The number of aromatic nitrogens is 3. The van der Waals surface area contributed by atoms with Gasteiger partial charge in [-0.1, -0.05) is 36.4 Å². The number of carbonyl (C=O) groups is 1. The Morgan fingerprint density at radius 3 is 2.35 bits per heavy atom. The number of hydrogen-bond acceptors (Lipinski definition) is 7. The van der Waals surface area contributed by atoms with Gasteiger partial charge in [0.05, 0.1) is 24.2 Å². The van der Waals surface area contributed by atoms with Crippen LogP contribution in [0.25, 0.3) is 22.2 Å². The van der Waals surface area contributed by atoms with Gasteiger partial charge in [0.1, 0.15) is 4.90 Å². The third-order valence-corrected chi connectivity index (χ3v) is 7.21. The Morgan fingerprint density at radius 2 is 1.76 bits per heavy atom. The molecule has 0 unspecified atom stereocenters. The molecule has 10 nitrogen and oxygen atoms in total. The molecule has 0 aliphatic heterocycles. The Kier molecular flexibility index (Phi) is 8.19. The fraction of sp³-hybridized carbons (Fsp3) is 0.269. The van der Waals surface area contributed by atoms with Crippen molar-refractivity contribution in [3.63, 3.8) is 0 Å². The molecular weight excluding hydrogens is 494 g/mol. The first kappa shape index (κ1) is 27.6. The predicted octanol–water partition coefficient (Wildman–Crippen LogP) is 4.08. The van der Waals surface area contributed by atoms with Gasteiger partial charge in [-0.3, -0.25) is 4.79 Å². The smallest absolute Gasteiger partial charge is 0.290 e. The number of methoxy groups -OCH3 is 1. The van der Waals surface area contributed by atoms with Crippen LogP contribution in [0.1, 0.15) is 39.3 Å². The average Bonchev–Trinajstić information content (AvgIpc) is 3.17. The van der Waals surface area contributed by atoms with Crippen LogP contribution in [0.15, 0.2) is 65.7 Å². The lowest BCUT2D eigenvalue weighted by Crippen LogP contribution is -2.40. The molecule has 2 heterocycles. The Bertz CT molecular complexity index is 1500. The van der Waals surface area contributed by atoms with E-state index in [4.69, 9.17) is 20.4 Å². The number of fused-ring (bicyclic) bond motifs is 1. The number of nitrogens with zero attached hydrogens (tertiary/aromatic N) is 3. The van der Waals surface area contributed by atoms with Crippen LogP contribution in [-0.2, 0) is 14.8 Å². The Hall–Kier alpha value is -3.96. The van der Waals surface area contributed by atoms with E-state index in [1.54, 1.807) is 33.0 Å². The summed E-state index contributed by atoms with van der Waals surface area (Å²) in [5.41, 5.74) is 9.77. The number of carboxylic acid groups (broad SMARTS) is 1. The maximum absolute atomic E-state index is 13.1. The van der Waals surface area contributed by atoms with Gasteiger partial charge >= 0.3 is 0 Å². The van der Waals surface area contributed by atoms with Crippen LogP contribution in [0.2, 0.25) is 0 Å². The molecule has 0 aliphatic carbocycles. The second-order valence-corrected chi connectivity index (χ2v) is 11.0. The lowest BCUT2D eigenvalue weighted by Gasteiger charge is -2.21. The maximum atomic E-state index is 13.1. The number of ether oxygens (including phenoxy) is 1. The summed E-state index contributed by atoms with van der Waals surface area (Å²) in [6.07, 6.45) is 1.60. The SMILES string of the molecule is COc1ncc(-c2ccc3nc(N)n([C@@H](C)c4ccccc4)c3c2)cc1S(=O)(=O)NC(C)(C)C.O=CO. The van der Waals surface area contributed by atoms with E-state index in [1.165, 1.54) is 7.11 Å². The molecule has 4 N–H and O–H groups in total. The van der Waals surface area contributed by atoms with Gasteiger partial charge in [-0.2, -0.15) is 0 Å². The highest BCUT2D eigenvalue weighted by Gasteiger charge is 2.27. The summed E-state index contributed by atoms with van der Waals surface area (Å²) < 4.78 is 36.0. The first-order chi connectivity index (χ1) is 17.4. The molecule has 0 aliphatic rings. The van der Waals surface area contributed by atoms with Gasteiger partial charge in [0.15, 0.2) is 0 Å². The van der Waals surface area contributed by atoms with Crippen molar-refractivity contribution in [1.29, 1.82) is 0 Å². The Labute approximate surface area is 216 Å². The van der Waals surface area contributed by atoms with Crippen molar-refractivity contribution in [2.24, 2.45) is 0 Å². The minimum Gasteiger partial charge on any atom is -0.483 e. The van der Waals surface area contributed by atoms with Gasteiger partial charge in [-0.05, 0) is 57.0 Å². The molecule has 196 valence electrons. The van der Waals surface area contributed by atoms with E-state index in [0.717, 1.165) is 22.2 Å². The molecule has 0 spiro atoms. The average molecular weight is 526 g/mol. The highest BCUT2D eigenvalue weighted by atomic mass is 32.2. The van der Waals surface area contributed by atoms with E-state index in [0.29, 0.717) is 11.5 Å². The molecule has 0 saturated heterocycles. The second-order valence-electron chi connectivity index (χ2n) is 9.32. The van der Waals surface area contributed by atoms with Crippen molar-refractivity contribution >= 4 is 33.5 Å². The van der Waals surface area contributed by atoms with Crippen molar-refractivity contribution in [3.05, 3.63) is 66.4 Å². The van der Waals surface area contributed by atoms with E-state index < -0.39 is 15.6 Å². The van der Waals surface area contributed by atoms with E-state index in [9.17, 15) is 8.42 Å². The number of pyridine rings is 1. The molecule has 0 saturated carbocycles. The molecule has 0 bridgehead atoms. The number of benzene rings is 2. The molecule has 4 aromatic rings. The van der Waals surface area contributed by atoms with E-state index in [-0.39, 0.29) is 23.3 Å². The fourth-order valence-corrected chi connectivity index (χ4v) is 5.54. The number of nitrogen functional groups attached to an aromatic ring is 1. The second kappa shape index (κ2) is 11.0. The van der Waals surface area contributed by atoms with Gasteiger partial charge in [0, 0.05) is 17.3 Å². The summed E-state index contributed by atoms with van der Waals surface area (Å²) in [4.78, 5) is 17.1. The summed E-state index contributed by atoms with van der Waals surface area (Å²) >= 11 is 0. The summed E-state index contributed by atoms with van der Waals surface area (Å²) in [5.74, 6) is 0.447. The lowest BCUT2D eigenvalue weighted by molar-refractivity contribution is -0.122. The zero-order valence-corrected chi connectivity index (χ0v) is 22.2. The summed E-state index contributed by atoms with van der Waals surface area (Å²) in [6.45, 7) is 7.16. The highest BCUT2D eigenvalue weighted by Crippen LogP contribution is 2.33. The topological polar surface area (TPSA) is 149 Å². The lowest BCUT2D eigenvalue weighted by atomic mass is 10.1. The molecule has 0 radical (unpaired) electrons. The third-order valence-electron chi connectivity index (χ3n) is 5.46. The van der Waals surface area contributed by atoms with Crippen LogP contribution in [-0.4, -0.2) is 47.2 Å². The number of rotatable bonds is 6. The van der Waals surface area contributed by atoms with Crippen molar-refractivity contribution < 1.29 is 23.1 Å². The minimum absolute atomic E-state index is 0.0202. The molecular formula is C26H31N5O5S. The molecule has 2 aromatic heterocycles. The number of hydrogen-bond donors (Lipinski definition) is 3. The van der Waals surface area contributed by atoms with Crippen LogP contribution < -0.4 is 15.2 Å². The zero-order chi connectivity index (χ0) is 27.4. The highest BCUT2D eigenvalue weighted by molar-refractivity contribution is 7.89. The Morgan fingerprint density at radius 1 is 1.11 bits per heavy atom. The summed E-state index contributed by atoms with van der Waals surface area (Å²) in [5, 5.41) is 6.89. The van der Waals surface area contributed by atoms with Crippen LogP contribution in [0, 0.1) is 0 Å². The van der Waals surface area contributed by atoms with Crippen molar-refractivity contribution in [1.82, 2.24) is 19.3 Å². The Balaban J connectivity index is 0.00000121. The molecule has 0 fully saturated rings. The molecule has 37 heavy (non-hydrogen) atoms. The molecule has 2 aromatic carbocycles. The molecule has 11 heteroatoms. The van der Waals surface area contributed by atoms with Crippen LogP contribution in [0.5, 0.6) is 5.88 Å². The molecule has 4 rings (SSSR count). The first-order valence-corrected chi connectivity index (χ1v) is 12.9. The molecule has 0 amide bonds.